The number of nitrogens with zero attached hydrogens (tertiary/aromatic N) is 4. The molecule has 0 bridgehead atoms. The fraction of sp³-hybridized carbons (Fsp3) is 0.618. The molecule has 0 radical (unpaired) electrons. The molecule has 0 unspecified atom stereocenters. The molecule has 0 spiro atoms. The first kappa shape index (κ1) is 33.6. The van der Waals surface area contributed by atoms with Crippen LogP contribution in [0.15, 0.2) is 30.5 Å². The second kappa shape index (κ2) is 14.7. The molecule has 1 aromatic carbocycles. The van der Waals surface area contributed by atoms with Crippen molar-refractivity contribution >= 4 is 29.3 Å². The quantitative estimate of drug-likeness (QED) is 0.292. The lowest BCUT2D eigenvalue weighted by molar-refractivity contribution is -0.138. The second-order valence-corrected chi connectivity index (χ2v) is 13.2. The van der Waals surface area contributed by atoms with Crippen molar-refractivity contribution < 1.29 is 23.6 Å². The number of amides is 4. The van der Waals surface area contributed by atoms with Crippen LogP contribution in [0.5, 0.6) is 0 Å². The van der Waals surface area contributed by atoms with E-state index in [4.69, 9.17) is 0 Å². The highest BCUT2D eigenvalue weighted by atomic mass is 19.1. The standard InChI is InChI=1S/C34H48FN7O4/c1-5-7-28(43)38-30(34(46)41-18-16-40(4)17-19-41)21(3)24-12-13-26(25(35)20-24)37-33(45)31(29(22-8-9-22)23-10-11-23)39-32(44)27-14-15-36-42(27)6-2/h12-15,20-23,29-31H,5-11,16-19H2,1-4H3,(H,37,45)(H,38,43)(H,39,44)/t21-,30+,31-/m0/s1. The topological polar surface area (TPSA) is 129 Å². The van der Waals surface area contributed by atoms with Crippen molar-refractivity contribution in [1.29, 1.82) is 0 Å². The Bertz CT molecular complexity index is 1400. The molecule has 3 atom stereocenters. The number of hydrogen-bond acceptors (Lipinski definition) is 6. The number of carbonyl (C=O) groups is 4. The van der Waals surface area contributed by atoms with Gasteiger partial charge in [0.2, 0.25) is 17.7 Å². The van der Waals surface area contributed by atoms with E-state index in [1.54, 1.807) is 34.8 Å². The van der Waals surface area contributed by atoms with Crippen LogP contribution >= 0.6 is 0 Å². The molecule has 3 N–H and O–H groups in total. The molecule has 250 valence electrons. The van der Waals surface area contributed by atoms with Gasteiger partial charge >= 0.3 is 0 Å². The van der Waals surface area contributed by atoms with E-state index in [1.807, 2.05) is 20.9 Å². The van der Waals surface area contributed by atoms with Crippen molar-refractivity contribution in [1.82, 2.24) is 30.2 Å². The number of piperazine rings is 1. The minimum atomic E-state index is -0.851. The largest absolute Gasteiger partial charge is 0.344 e. The zero-order valence-electron chi connectivity index (χ0n) is 27.4. The number of rotatable bonds is 14. The van der Waals surface area contributed by atoms with E-state index in [2.05, 4.69) is 25.9 Å². The Morgan fingerprint density at radius 2 is 1.63 bits per heavy atom. The Labute approximate surface area is 270 Å². The van der Waals surface area contributed by atoms with E-state index in [0.717, 1.165) is 38.8 Å². The molecule has 11 nitrogen and oxygen atoms in total. The van der Waals surface area contributed by atoms with Crippen LogP contribution < -0.4 is 16.0 Å². The van der Waals surface area contributed by atoms with Crippen LogP contribution in [0.25, 0.3) is 0 Å². The van der Waals surface area contributed by atoms with Gasteiger partial charge in [-0.2, -0.15) is 5.10 Å². The lowest BCUT2D eigenvalue weighted by Gasteiger charge is -2.36. The highest BCUT2D eigenvalue weighted by Gasteiger charge is 2.48. The van der Waals surface area contributed by atoms with Crippen molar-refractivity contribution in [2.24, 2.45) is 17.8 Å². The maximum atomic E-state index is 15.7. The molecule has 12 heteroatoms. The summed E-state index contributed by atoms with van der Waals surface area (Å²) in [6.45, 7) is 8.71. The van der Waals surface area contributed by atoms with Crippen LogP contribution in [0.1, 0.15) is 81.3 Å². The zero-order valence-corrected chi connectivity index (χ0v) is 27.4. The molecule has 2 saturated carbocycles. The van der Waals surface area contributed by atoms with E-state index in [0.29, 0.717) is 55.6 Å². The van der Waals surface area contributed by atoms with E-state index in [1.165, 1.54) is 12.1 Å². The van der Waals surface area contributed by atoms with Gasteiger partial charge in [0.05, 0.1) is 5.69 Å². The van der Waals surface area contributed by atoms with Gasteiger partial charge in [-0.05, 0) is 87.6 Å². The van der Waals surface area contributed by atoms with Gasteiger partial charge in [0.15, 0.2) is 0 Å². The van der Waals surface area contributed by atoms with Crippen LogP contribution in [0.2, 0.25) is 0 Å². The van der Waals surface area contributed by atoms with Crippen LogP contribution in [-0.2, 0) is 20.9 Å². The number of aryl methyl sites for hydroxylation is 1. The van der Waals surface area contributed by atoms with Crippen LogP contribution in [0.4, 0.5) is 10.1 Å². The van der Waals surface area contributed by atoms with Crippen molar-refractivity contribution in [3.05, 3.63) is 47.5 Å². The summed E-state index contributed by atoms with van der Waals surface area (Å²) < 4.78 is 17.3. The predicted molar refractivity (Wildman–Crippen MR) is 172 cm³/mol. The fourth-order valence-corrected chi connectivity index (χ4v) is 6.64. The summed E-state index contributed by atoms with van der Waals surface area (Å²) in [6.07, 6.45) is 6.54. The van der Waals surface area contributed by atoms with Crippen molar-refractivity contribution in [2.45, 2.75) is 83.8 Å². The van der Waals surface area contributed by atoms with Crippen molar-refractivity contribution in [3.8, 4) is 0 Å². The molecule has 46 heavy (non-hydrogen) atoms. The van der Waals surface area contributed by atoms with Crippen LogP contribution in [0.3, 0.4) is 0 Å². The molecule has 1 saturated heterocycles. The first-order valence-electron chi connectivity index (χ1n) is 16.8. The third kappa shape index (κ3) is 7.94. The monoisotopic (exact) mass is 637 g/mol. The number of benzene rings is 1. The number of nitrogens with one attached hydrogen (secondary N) is 3. The van der Waals surface area contributed by atoms with Gasteiger partial charge in [-0.15, -0.1) is 0 Å². The minimum absolute atomic E-state index is 0.00102. The summed E-state index contributed by atoms with van der Waals surface area (Å²) in [5.74, 6) is -1.71. The van der Waals surface area contributed by atoms with Crippen molar-refractivity contribution in [2.75, 3.05) is 38.5 Å². The predicted octanol–water partition coefficient (Wildman–Crippen LogP) is 3.38. The molecular formula is C34H48FN7O4. The number of carbonyl (C=O) groups excluding carboxylic acids is 4. The average Bonchev–Trinajstić information content (AvgIpc) is 3.99. The Morgan fingerprint density at radius 1 is 0.957 bits per heavy atom. The molecule has 2 aromatic rings. The summed E-state index contributed by atoms with van der Waals surface area (Å²) in [5.41, 5.74) is 0.911. The Kier molecular flexibility index (Phi) is 10.8. The van der Waals surface area contributed by atoms with Crippen molar-refractivity contribution in [3.63, 3.8) is 0 Å². The third-order valence-electron chi connectivity index (χ3n) is 9.69. The first-order valence-corrected chi connectivity index (χ1v) is 16.8. The summed E-state index contributed by atoms with van der Waals surface area (Å²) in [4.78, 5) is 57.3. The third-order valence-corrected chi connectivity index (χ3v) is 9.69. The minimum Gasteiger partial charge on any atom is -0.344 e. The van der Waals surface area contributed by atoms with Gasteiger partial charge < -0.3 is 25.8 Å². The number of halogens is 1. The Balaban J connectivity index is 1.33. The lowest BCUT2D eigenvalue weighted by Crippen LogP contribution is -2.55. The van der Waals surface area contributed by atoms with Gasteiger partial charge in [-0.1, -0.05) is 19.9 Å². The van der Waals surface area contributed by atoms with E-state index >= 15 is 4.39 Å². The molecule has 2 heterocycles. The van der Waals surface area contributed by atoms with E-state index in [-0.39, 0.29) is 29.3 Å². The van der Waals surface area contributed by atoms with Gasteiger partial charge in [-0.3, -0.25) is 23.9 Å². The van der Waals surface area contributed by atoms with Gasteiger partial charge in [0.25, 0.3) is 5.91 Å². The van der Waals surface area contributed by atoms with Crippen LogP contribution in [0, 0.1) is 23.6 Å². The Hall–Kier alpha value is -3.80. The molecule has 5 rings (SSSR count). The molecule has 1 aliphatic heterocycles. The number of aromatic nitrogens is 2. The average molecular weight is 638 g/mol. The molecular weight excluding hydrogens is 589 g/mol. The summed E-state index contributed by atoms with van der Waals surface area (Å²) in [5, 5.41) is 12.8. The number of anilines is 1. The van der Waals surface area contributed by atoms with Gasteiger partial charge in [0, 0.05) is 51.3 Å². The molecule has 2 aliphatic carbocycles. The first-order chi connectivity index (χ1) is 22.1. The maximum Gasteiger partial charge on any atom is 0.270 e. The van der Waals surface area contributed by atoms with Crippen LogP contribution in [-0.4, -0.2) is 88.5 Å². The zero-order chi connectivity index (χ0) is 33.0. The molecule has 4 amide bonds. The van der Waals surface area contributed by atoms with E-state index in [9.17, 15) is 19.2 Å². The lowest BCUT2D eigenvalue weighted by atomic mass is 9.88. The normalized spacial score (nSPS) is 19.0. The van der Waals surface area contributed by atoms with Gasteiger partial charge in [0.1, 0.15) is 23.6 Å². The van der Waals surface area contributed by atoms with Gasteiger partial charge in [-0.25, -0.2) is 4.39 Å². The second-order valence-electron chi connectivity index (χ2n) is 13.2. The Morgan fingerprint density at radius 3 is 2.22 bits per heavy atom. The van der Waals surface area contributed by atoms with E-state index < -0.39 is 29.7 Å². The highest BCUT2D eigenvalue weighted by molar-refractivity contribution is 6.01. The number of hydrogen-bond donors (Lipinski definition) is 3. The molecule has 3 aliphatic rings. The summed E-state index contributed by atoms with van der Waals surface area (Å²) >= 11 is 0. The molecule has 3 fully saturated rings. The highest BCUT2D eigenvalue weighted by Crippen LogP contribution is 2.51. The number of likely N-dealkylation sites (N-methyl/N-ethyl adjacent to an activating group) is 1. The fourth-order valence-electron chi connectivity index (χ4n) is 6.64. The summed E-state index contributed by atoms with van der Waals surface area (Å²) in [6, 6.07) is 4.47. The SMILES string of the molecule is CCCC(=O)N[C@@H](C(=O)N1CCN(C)CC1)[C@@H](C)c1ccc(NC(=O)[C@@H](NC(=O)c2ccnn2CC)C(C2CC2)C2CC2)c(F)c1. The smallest absolute Gasteiger partial charge is 0.270 e. The molecule has 1 aromatic heterocycles. The summed E-state index contributed by atoms with van der Waals surface area (Å²) in [7, 11) is 2.00. The maximum absolute atomic E-state index is 15.7.